The second-order valence-corrected chi connectivity index (χ2v) is 4.83. The van der Waals surface area contributed by atoms with Crippen molar-refractivity contribution in [1.29, 1.82) is 0 Å². The van der Waals surface area contributed by atoms with Crippen LogP contribution < -0.4 is 0 Å². The van der Waals surface area contributed by atoms with Gasteiger partial charge in [-0.25, -0.2) is 0 Å². The van der Waals surface area contributed by atoms with Gasteiger partial charge in [0.25, 0.3) is 0 Å². The number of hydrogen-bond acceptors (Lipinski definition) is 6. The van der Waals surface area contributed by atoms with Crippen LogP contribution in [0.5, 0.6) is 0 Å². The van der Waals surface area contributed by atoms with Crippen LogP contribution in [0.1, 0.15) is 27.7 Å². The summed E-state index contributed by atoms with van der Waals surface area (Å²) >= 11 is 17.9. The van der Waals surface area contributed by atoms with Gasteiger partial charge in [0.1, 0.15) is 0 Å². The second kappa shape index (κ2) is 12.8. The number of ether oxygens (including phenoxy) is 2. The molecule has 0 amide bonds. The maximum atomic E-state index is 4.80. The van der Waals surface area contributed by atoms with Gasteiger partial charge >= 0.3 is 16.5 Å². The van der Waals surface area contributed by atoms with Crippen molar-refractivity contribution in [1.82, 2.24) is 0 Å². The maximum Gasteiger partial charge on any atom is 2.00 e. The maximum absolute atomic E-state index is 4.80. The molecule has 0 fully saturated rings. The first kappa shape index (κ1) is 21.0. The zero-order valence-electron chi connectivity index (χ0n) is 8.92. The average Bonchev–Trinajstić information content (AvgIpc) is 1.79. The van der Waals surface area contributed by atoms with Crippen LogP contribution in [-0.2, 0) is 51.2 Å². The molecule has 0 bridgehead atoms. The topological polar surface area (TPSA) is 18.5 Å². The molecule has 2 nitrogen and oxygen atoms in total. The number of rotatable bonds is 2. The SMILES string of the molecule is CC(C)OC(=S)[S-].CC(C)OC(=S)[S-].[Ni+2]. The first-order chi connectivity index (χ1) is 6.25. The van der Waals surface area contributed by atoms with E-state index in [0.717, 1.165) is 0 Å². The molecule has 0 rings (SSSR count). The van der Waals surface area contributed by atoms with E-state index in [-0.39, 0.29) is 37.5 Å². The molecular weight excluding hydrogens is 315 g/mol. The first-order valence-corrected chi connectivity index (χ1v) is 5.64. The third-order valence-corrected chi connectivity index (χ3v) is 1.05. The van der Waals surface area contributed by atoms with Gasteiger partial charge in [-0.1, -0.05) is 0 Å². The van der Waals surface area contributed by atoms with E-state index >= 15 is 0 Å². The molecular formula is C8H14NiO2S4. The molecule has 0 atom stereocenters. The minimum atomic E-state index is 0. The Morgan fingerprint density at radius 2 is 1.07 bits per heavy atom. The van der Waals surface area contributed by atoms with Gasteiger partial charge in [-0.3, -0.25) is 0 Å². The third-order valence-electron chi connectivity index (χ3n) is 0.664. The Morgan fingerprint density at radius 1 is 0.867 bits per heavy atom. The van der Waals surface area contributed by atoms with E-state index in [1.165, 1.54) is 0 Å². The standard InChI is InChI=1S/2C4H8OS2.Ni/c2*1-3(2)5-4(6)7;/h2*3H,1-2H3,(H,6,7);/q;;+2/p-2. The zero-order valence-corrected chi connectivity index (χ0v) is 13.2. The molecule has 0 N–H and O–H groups in total. The van der Waals surface area contributed by atoms with Crippen molar-refractivity contribution >= 4 is 58.5 Å². The van der Waals surface area contributed by atoms with Crippen molar-refractivity contribution in [2.24, 2.45) is 0 Å². The molecule has 0 unspecified atom stereocenters. The summed E-state index contributed by atoms with van der Waals surface area (Å²) in [7, 11) is 0. The van der Waals surface area contributed by atoms with Gasteiger partial charge in [0, 0.05) is 8.77 Å². The minimum Gasteiger partial charge on any atom is -0.511 e. The molecule has 0 saturated heterocycles. The van der Waals surface area contributed by atoms with Crippen LogP contribution in [0.3, 0.4) is 0 Å². The molecule has 0 aromatic rings. The average molecular weight is 329 g/mol. The van der Waals surface area contributed by atoms with Gasteiger partial charge < -0.3 is 59.2 Å². The Morgan fingerprint density at radius 3 is 1.07 bits per heavy atom. The van der Waals surface area contributed by atoms with Gasteiger partial charge in [0.05, 0.1) is 12.2 Å². The summed E-state index contributed by atoms with van der Waals surface area (Å²) in [6.45, 7) is 7.55. The van der Waals surface area contributed by atoms with Crippen LogP contribution in [0, 0.1) is 0 Å². The molecule has 0 aromatic carbocycles. The van der Waals surface area contributed by atoms with Crippen molar-refractivity contribution in [2.45, 2.75) is 39.9 Å². The molecule has 7 heteroatoms. The quantitative estimate of drug-likeness (QED) is 0.437. The molecule has 92 valence electrons. The van der Waals surface area contributed by atoms with E-state index in [0.29, 0.717) is 0 Å². The molecule has 0 aliphatic carbocycles. The van der Waals surface area contributed by atoms with Crippen LogP contribution >= 0.6 is 24.4 Å². The third kappa shape index (κ3) is 31.3. The van der Waals surface area contributed by atoms with Gasteiger partial charge in [-0.2, -0.15) is 0 Å². The van der Waals surface area contributed by atoms with Crippen molar-refractivity contribution < 1.29 is 26.0 Å². The first-order valence-electron chi connectivity index (χ1n) is 4.01. The smallest absolute Gasteiger partial charge is 0.511 e. The Balaban J connectivity index is -0.000000180. The number of hydrogen-bond donors (Lipinski definition) is 0. The van der Waals surface area contributed by atoms with Gasteiger partial charge in [0.2, 0.25) is 0 Å². The summed E-state index contributed by atoms with van der Waals surface area (Å²) in [6.07, 6.45) is 0.259. The van der Waals surface area contributed by atoms with Crippen LogP contribution in [0.2, 0.25) is 0 Å². The van der Waals surface area contributed by atoms with Crippen LogP contribution in [0.25, 0.3) is 0 Å². The Bertz CT molecular complexity index is 165. The van der Waals surface area contributed by atoms with Crippen LogP contribution in [0.15, 0.2) is 0 Å². The summed E-state index contributed by atoms with van der Waals surface area (Å²) in [5, 5.41) is 0. The predicted molar refractivity (Wildman–Crippen MR) is 72.4 cm³/mol. The van der Waals surface area contributed by atoms with E-state index in [1.807, 2.05) is 27.7 Å². The molecule has 15 heavy (non-hydrogen) atoms. The van der Waals surface area contributed by atoms with Crippen LogP contribution in [-0.4, -0.2) is 21.0 Å². The Labute approximate surface area is 124 Å². The largest absolute Gasteiger partial charge is 2.00 e. The summed E-state index contributed by atoms with van der Waals surface area (Å²) < 4.78 is 10.0. The van der Waals surface area contributed by atoms with Crippen LogP contribution in [0.4, 0.5) is 0 Å². The molecule has 0 heterocycles. The molecule has 0 aliphatic heterocycles. The van der Waals surface area contributed by atoms with Crippen molar-refractivity contribution in [3.8, 4) is 0 Å². The summed E-state index contributed by atoms with van der Waals surface area (Å²) in [4.78, 5) is 0. The van der Waals surface area contributed by atoms with Crippen molar-refractivity contribution in [2.75, 3.05) is 0 Å². The van der Waals surface area contributed by atoms with E-state index in [4.69, 9.17) is 9.47 Å². The molecule has 0 saturated carbocycles. The summed E-state index contributed by atoms with van der Waals surface area (Å²) in [6, 6.07) is 0. The molecule has 0 radical (unpaired) electrons. The molecule has 0 aliphatic rings. The van der Waals surface area contributed by atoms with Gasteiger partial charge in [0.15, 0.2) is 0 Å². The van der Waals surface area contributed by atoms with E-state index in [1.54, 1.807) is 0 Å². The number of thiocarbonyl (C=S) groups is 2. The predicted octanol–water partition coefficient (Wildman–Crippen LogP) is 2.48. The van der Waals surface area contributed by atoms with Gasteiger partial charge in [-0.05, 0) is 27.7 Å². The van der Waals surface area contributed by atoms with E-state index in [2.05, 4.69) is 49.7 Å². The Kier molecular flexibility index (Phi) is 17.9. The van der Waals surface area contributed by atoms with Crippen molar-refractivity contribution in [3.63, 3.8) is 0 Å². The van der Waals surface area contributed by atoms with E-state index in [9.17, 15) is 0 Å². The minimum absolute atomic E-state index is 0. The fraction of sp³-hybridized carbons (Fsp3) is 0.750. The van der Waals surface area contributed by atoms with Gasteiger partial charge in [-0.15, -0.1) is 0 Å². The second-order valence-electron chi connectivity index (χ2n) is 2.83. The fourth-order valence-corrected chi connectivity index (χ4v) is 1.15. The van der Waals surface area contributed by atoms with E-state index < -0.39 is 0 Å². The summed E-state index contributed by atoms with van der Waals surface area (Å²) in [5.41, 5.74) is 0. The fourth-order valence-electron chi connectivity index (χ4n) is 0.385. The molecule has 0 spiro atoms. The normalized spacial score (nSPS) is 8.40. The molecule has 0 aromatic heterocycles. The monoisotopic (exact) mass is 328 g/mol. The summed E-state index contributed by atoms with van der Waals surface area (Å²) in [5.74, 6) is 0. The zero-order chi connectivity index (χ0) is 11.7. The van der Waals surface area contributed by atoms with Crippen molar-refractivity contribution in [3.05, 3.63) is 0 Å². The Hall–Kier alpha value is 0.714.